The Labute approximate surface area is 176 Å². The van der Waals surface area contributed by atoms with E-state index in [1.54, 1.807) is 20.9 Å². The van der Waals surface area contributed by atoms with Crippen molar-refractivity contribution >= 4 is 17.9 Å². The average molecular weight is 414 g/mol. The topological polar surface area (TPSA) is 87.0 Å². The maximum Gasteiger partial charge on any atom is 0.417 e. The number of ether oxygens (including phenoxy) is 2. The van der Waals surface area contributed by atoms with Gasteiger partial charge < -0.3 is 14.8 Å². The number of amides is 1. The number of carbonyl (C=O) groups excluding carboxylic acids is 1. The molecule has 1 heterocycles. The van der Waals surface area contributed by atoms with Gasteiger partial charge in [0.1, 0.15) is 17.6 Å². The molecule has 30 heavy (non-hydrogen) atoms. The van der Waals surface area contributed by atoms with Crippen molar-refractivity contribution < 1.29 is 18.7 Å². The van der Waals surface area contributed by atoms with Gasteiger partial charge in [0, 0.05) is 26.4 Å². The Bertz CT molecular complexity index is 904. The number of nitrogens with zero attached hydrogens (tertiary/aromatic N) is 3. The molecule has 1 saturated heterocycles. The monoisotopic (exact) mass is 414 g/mol. The van der Waals surface area contributed by atoms with Gasteiger partial charge in [-0.15, -0.1) is 0 Å². The number of aliphatic imine (C=N–C) groups is 1. The minimum atomic E-state index is -0.643. The predicted molar refractivity (Wildman–Crippen MR) is 114 cm³/mol. The summed E-state index contributed by atoms with van der Waals surface area (Å²) in [7, 11) is 3.13. The second-order valence-electron chi connectivity index (χ2n) is 6.86. The molecule has 0 bridgehead atoms. The van der Waals surface area contributed by atoms with E-state index in [0.29, 0.717) is 29.9 Å². The van der Waals surface area contributed by atoms with Gasteiger partial charge in [0.25, 0.3) is 0 Å². The number of hydrogen-bond acceptors (Lipinski definition) is 6. The molecule has 2 unspecified atom stereocenters. The van der Waals surface area contributed by atoms with Crippen LogP contribution >= 0.6 is 0 Å². The maximum absolute atomic E-state index is 13.9. The molecule has 160 valence electrons. The summed E-state index contributed by atoms with van der Waals surface area (Å²) in [6, 6.07) is 6.15. The molecule has 1 aliphatic heterocycles. The van der Waals surface area contributed by atoms with Crippen LogP contribution in [0.3, 0.4) is 0 Å². The Kier molecular flexibility index (Phi) is 8.13. The van der Waals surface area contributed by atoms with Crippen LogP contribution in [0, 0.1) is 17.1 Å². The van der Waals surface area contributed by atoms with Crippen molar-refractivity contribution in [3.05, 3.63) is 47.4 Å². The van der Waals surface area contributed by atoms with E-state index in [-0.39, 0.29) is 17.4 Å². The van der Waals surface area contributed by atoms with Gasteiger partial charge in [-0.05, 0) is 38.8 Å². The second kappa shape index (κ2) is 10.6. The number of hydrogen-bond donors (Lipinski definition) is 1. The maximum atomic E-state index is 13.9. The van der Waals surface area contributed by atoms with Gasteiger partial charge in [-0.3, -0.25) is 9.89 Å². The van der Waals surface area contributed by atoms with E-state index in [1.807, 2.05) is 0 Å². The van der Waals surface area contributed by atoms with Crippen molar-refractivity contribution in [1.82, 2.24) is 10.2 Å². The Morgan fingerprint density at radius 2 is 2.20 bits per heavy atom. The zero-order chi connectivity index (χ0) is 22.3. The van der Waals surface area contributed by atoms with Crippen LogP contribution in [0.25, 0.3) is 6.08 Å². The molecule has 0 aromatic heterocycles. The van der Waals surface area contributed by atoms with Gasteiger partial charge >= 0.3 is 6.09 Å². The number of likely N-dealkylation sites (tertiary alicyclic amines) is 1. The van der Waals surface area contributed by atoms with Crippen molar-refractivity contribution in [2.75, 3.05) is 20.7 Å². The molecule has 1 fully saturated rings. The number of nitrogens with one attached hydrogen (secondary N) is 1. The molecule has 1 aromatic rings. The van der Waals surface area contributed by atoms with Gasteiger partial charge in [0.15, 0.2) is 6.23 Å². The zero-order valence-corrected chi connectivity index (χ0v) is 17.7. The Hall–Kier alpha value is -3.18. The fourth-order valence-corrected chi connectivity index (χ4v) is 3.45. The highest BCUT2D eigenvalue weighted by atomic mass is 19.1. The Morgan fingerprint density at radius 3 is 2.80 bits per heavy atom. The number of rotatable bonds is 6. The van der Waals surface area contributed by atoms with Gasteiger partial charge in [0.2, 0.25) is 0 Å². The second-order valence-corrected chi connectivity index (χ2v) is 6.86. The highest BCUT2D eigenvalue weighted by molar-refractivity contribution is 6.02. The van der Waals surface area contributed by atoms with Crippen molar-refractivity contribution in [2.45, 2.75) is 39.0 Å². The Morgan fingerprint density at radius 1 is 1.47 bits per heavy atom. The first-order valence-electron chi connectivity index (χ1n) is 9.61. The molecule has 7 nitrogen and oxygen atoms in total. The van der Waals surface area contributed by atoms with Crippen LogP contribution < -0.4 is 10.1 Å². The number of halogens is 1. The van der Waals surface area contributed by atoms with Crippen LogP contribution in [0.1, 0.15) is 32.3 Å². The summed E-state index contributed by atoms with van der Waals surface area (Å²) in [6.07, 6.45) is 1.48. The third kappa shape index (κ3) is 5.05. The van der Waals surface area contributed by atoms with Crippen molar-refractivity contribution in [1.29, 1.82) is 5.26 Å². The molecule has 0 aliphatic carbocycles. The highest BCUT2D eigenvalue weighted by Gasteiger charge is 2.36. The molecule has 0 spiro atoms. The van der Waals surface area contributed by atoms with E-state index in [2.05, 4.69) is 23.0 Å². The number of carbonyl (C=O) groups is 1. The number of nitriles is 1. The normalized spacial score (nSPS) is 20.1. The molecule has 8 heteroatoms. The largest absolute Gasteiger partial charge is 0.417 e. The zero-order valence-electron chi connectivity index (χ0n) is 17.7. The molecule has 1 aromatic carbocycles. The van der Waals surface area contributed by atoms with Crippen molar-refractivity contribution in [2.24, 2.45) is 4.99 Å². The molecule has 1 N–H and O–H groups in total. The summed E-state index contributed by atoms with van der Waals surface area (Å²) in [5, 5.41) is 12.7. The molecule has 0 radical (unpaired) electrons. The quantitative estimate of drug-likeness (QED) is 0.564. The number of benzene rings is 1. The van der Waals surface area contributed by atoms with E-state index in [0.717, 1.165) is 6.42 Å². The van der Waals surface area contributed by atoms with E-state index < -0.39 is 18.1 Å². The summed E-state index contributed by atoms with van der Waals surface area (Å²) in [4.78, 5) is 18.4. The number of allylic oxidation sites excluding steroid dienone is 2. The van der Waals surface area contributed by atoms with Gasteiger partial charge in [-0.25, -0.2) is 9.18 Å². The summed E-state index contributed by atoms with van der Waals surface area (Å²) < 4.78 is 25.0. The minimum absolute atomic E-state index is 0.0950. The van der Waals surface area contributed by atoms with Crippen molar-refractivity contribution in [3.63, 3.8) is 0 Å². The first-order chi connectivity index (χ1) is 14.4. The van der Waals surface area contributed by atoms with Crippen LogP contribution in [0.15, 0.2) is 41.0 Å². The SMILES string of the molecule is C=Cc1c(F)cccc1OC(=O)N1CCCC(N/C(C)=C(\C#N)C(C)=NC)C1OC. The van der Waals surface area contributed by atoms with E-state index >= 15 is 0 Å². The average Bonchev–Trinajstić information content (AvgIpc) is 2.74. The predicted octanol–water partition coefficient (Wildman–Crippen LogP) is 3.88. The lowest BCUT2D eigenvalue weighted by molar-refractivity contribution is -0.0585. The summed E-state index contributed by atoms with van der Waals surface area (Å²) in [5.41, 5.74) is 1.84. The fraction of sp³-hybridized carbons (Fsp3) is 0.409. The summed E-state index contributed by atoms with van der Waals surface area (Å²) in [6.45, 7) is 7.56. The standard InChI is InChI=1S/C22H27FN4O3/c1-6-16-18(23)9-7-11-20(16)30-22(28)27-12-8-10-19(21(27)29-5)26-15(3)17(13-24)14(2)25-4/h6-7,9,11,19,21,26H,1,8,10,12H2,2-5H3/b17-15+,25-14?. The molecule has 2 atom stereocenters. The fourth-order valence-electron chi connectivity index (χ4n) is 3.45. The molecular weight excluding hydrogens is 387 g/mol. The molecular formula is C22H27FN4O3. The molecule has 0 saturated carbocycles. The van der Waals surface area contributed by atoms with Gasteiger partial charge in [-0.2, -0.15) is 5.26 Å². The minimum Gasteiger partial charge on any atom is -0.409 e. The van der Waals surface area contributed by atoms with Gasteiger partial charge in [-0.1, -0.05) is 18.7 Å². The van der Waals surface area contributed by atoms with Crippen LogP contribution in [0.5, 0.6) is 5.75 Å². The number of piperidine rings is 1. The molecule has 1 amide bonds. The van der Waals surface area contributed by atoms with E-state index in [9.17, 15) is 14.4 Å². The summed E-state index contributed by atoms with van der Waals surface area (Å²) >= 11 is 0. The smallest absolute Gasteiger partial charge is 0.409 e. The van der Waals surface area contributed by atoms with Crippen LogP contribution in [-0.4, -0.2) is 49.7 Å². The Balaban J connectivity index is 2.23. The highest BCUT2D eigenvalue weighted by Crippen LogP contribution is 2.26. The van der Waals surface area contributed by atoms with Crippen LogP contribution in [0.4, 0.5) is 9.18 Å². The van der Waals surface area contributed by atoms with Crippen LogP contribution in [0.2, 0.25) is 0 Å². The summed E-state index contributed by atoms with van der Waals surface area (Å²) in [5.74, 6) is -0.424. The lowest BCUT2D eigenvalue weighted by Gasteiger charge is -2.40. The molecule has 2 rings (SSSR count). The molecule has 1 aliphatic rings. The van der Waals surface area contributed by atoms with Crippen molar-refractivity contribution in [3.8, 4) is 11.8 Å². The number of methoxy groups -OCH3 is 1. The third-order valence-corrected chi connectivity index (χ3v) is 5.04. The lowest BCUT2D eigenvalue weighted by atomic mass is 10.0. The van der Waals surface area contributed by atoms with E-state index in [4.69, 9.17) is 9.47 Å². The lowest BCUT2D eigenvalue weighted by Crippen LogP contribution is -2.57. The third-order valence-electron chi connectivity index (χ3n) is 5.04. The van der Waals surface area contributed by atoms with E-state index in [1.165, 1.54) is 36.3 Å². The first-order valence-corrected chi connectivity index (χ1v) is 9.61. The first kappa shape index (κ1) is 23.1. The van der Waals surface area contributed by atoms with Gasteiger partial charge in [0.05, 0.1) is 22.9 Å². The van der Waals surface area contributed by atoms with Crippen LogP contribution in [-0.2, 0) is 4.74 Å².